The van der Waals surface area contributed by atoms with E-state index in [1.54, 1.807) is 0 Å². The van der Waals surface area contributed by atoms with Crippen LogP contribution in [0.5, 0.6) is 0 Å². The number of hydrogen-bond acceptors (Lipinski definition) is 4. The Balaban J connectivity index is 3.99. The van der Waals surface area contributed by atoms with Gasteiger partial charge < -0.3 is 14.7 Å². The quantitative estimate of drug-likeness (QED) is 0.143. The van der Waals surface area contributed by atoms with Gasteiger partial charge >= 0.3 is 5.97 Å². The highest BCUT2D eigenvalue weighted by molar-refractivity contribution is 5.69. The zero-order chi connectivity index (χ0) is 22.3. The fourth-order valence-electron chi connectivity index (χ4n) is 4.02. The van der Waals surface area contributed by atoms with Crippen LogP contribution in [0.3, 0.4) is 0 Å². The van der Waals surface area contributed by atoms with E-state index in [1.165, 1.54) is 77.0 Å². The molecule has 0 aliphatic heterocycles. The number of carbonyl (C=O) groups is 1. The lowest BCUT2D eigenvalue weighted by molar-refractivity contribution is -0.150. The highest BCUT2D eigenvalue weighted by Gasteiger charge is 2.14. The molecule has 0 spiro atoms. The molecule has 0 saturated carbocycles. The maximum absolute atomic E-state index is 12.3. The van der Waals surface area contributed by atoms with Crippen LogP contribution in [0.15, 0.2) is 0 Å². The Morgan fingerprint density at radius 1 is 0.700 bits per heavy atom. The first-order valence-electron chi connectivity index (χ1n) is 13.2. The Hall–Kier alpha value is -0.610. The Bertz CT molecular complexity index is 362. The Kier molecular flexibility index (Phi) is 22.6. The summed E-state index contributed by atoms with van der Waals surface area (Å²) in [5, 5.41) is 9.31. The second-order valence-electron chi connectivity index (χ2n) is 8.89. The van der Waals surface area contributed by atoms with Gasteiger partial charge in [-0.1, -0.05) is 91.4 Å². The van der Waals surface area contributed by atoms with Gasteiger partial charge in [0.1, 0.15) is 6.10 Å². The molecule has 1 unspecified atom stereocenters. The Morgan fingerprint density at radius 2 is 1.27 bits per heavy atom. The van der Waals surface area contributed by atoms with Gasteiger partial charge in [-0.05, 0) is 45.2 Å². The van der Waals surface area contributed by atoms with Crippen LogP contribution in [0, 0.1) is 0 Å². The summed E-state index contributed by atoms with van der Waals surface area (Å²) < 4.78 is 5.79. The first kappa shape index (κ1) is 29.4. The molecule has 180 valence electrons. The highest BCUT2D eigenvalue weighted by Crippen LogP contribution is 2.15. The van der Waals surface area contributed by atoms with Crippen molar-refractivity contribution in [2.75, 3.05) is 26.2 Å². The summed E-state index contributed by atoms with van der Waals surface area (Å²) >= 11 is 0. The first-order valence-corrected chi connectivity index (χ1v) is 13.2. The van der Waals surface area contributed by atoms with Gasteiger partial charge in [-0.15, -0.1) is 0 Å². The Morgan fingerprint density at radius 3 is 1.87 bits per heavy atom. The molecule has 0 heterocycles. The van der Waals surface area contributed by atoms with E-state index >= 15 is 0 Å². The number of rotatable bonds is 23. The van der Waals surface area contributed by atoms with Crippen molar-refractivity contribution in [3.8, 4) is 0 Å². The maximum Gasteiger partial charge on any atom is 0.306 e. The summed E-state index contributed by atoms with van der Waals surface area (Å²) in [4.78, 5) is 14.6. The normalized spacial score (nSPS) is 12.4. The van der Waals surface area contributed by atoms with Gasteiger partial charge in [-0.25, -0.2) is 0 Å². The van der Waals surface area contributed by atoms with Crippen molar-refractivity contribution < 1.29 is 14.6 Å². The van der Waals surface area contributed by atoms with Crippen LogP contribution in [-0.2, 0) is 9.53 Å². The molecule has 4 nitrogen and oxygen atoms in total. The van der Waals surface area contributed by atoms with E-state index in [1.807, 2.05) is 0 Å². The smallest absolute Gasteiger partial charge is 0.306 e. The second-order valence-corrected chi connectivity index (χ2v) is 8.89. The van der Waals surface area contributed by atoms with Crippen molar-refractivity contribution in [1.29, 1.82) is 0 Å². The molecule has 1 atom stereocenters. The van der Waals surface area contributed by atoms with Gasteiger partial charge in [0.2, 0.25) is 0 Å². The van der Waals surface area contributed by atoms with E-state index in [4.69, 9.17) is 4.74 Å². The number of ether oxygens (including phenoxy) is 1. The minimum Gasteiger partial charge on any atom is -0.462 e. The molecule has 1 N–H and O–H groups in total. The molecular weight excluding hydrogens is 374 g/mol. The lowest BCUT2D eigenvalue weighted by Crippen LogP contribution is -2.29. The summed E-state index contributed by atoms with van der Waals surface area (Å²) in [6.45, 7) is 9.45. The van der Waals surface area contributed by atoms with Crippen molar-refractivity contribution >= 4 is 5.97 Å². The standard InChI is InChI=1S/C26H53NO3/c1-4-7-9-11-13-15-19-25(18-6-3)30-26(29)20-17-22-27(23-24-28)21-16-14-12-10-8-5-2/h25,28H,4-24H2,1-3H3. The molecule has 0 rings (SSSR count). The molecular formula is C26H53NO3. The van der Waals surface area contributed by atoms with E-state index in [0.717, 1.165) is 38.8 Å². The largest absolute Gasteiger partial charge is 0.462 e. The van der Waals surface area contributed by atoms with Crippen molar-refractivity contribution in [2.24, 2.45) is 0 Å². The first-order chi connectivity index (χ1) is 14.7. The molecule has 0 saturated heterocycles. The van der Waals surface area contributed by atoms with Crippen LogP contribution in [0.25, 0.3) is 0 Å². The number of carbonyl (C=O) groups excluding carboxylic acids is 1. The van der Waals surface area contributed by atoms with Crippen molar-refractivity contribution in [3.63, 3.8) is 0 Å². The van der Waals surface area contributed by atoms with Crippen LogP contribution in [0.4, 0.5) is 0 Å². The van der Waals surface area contributed by atoms with Gasteiger partial charge in [-0.2, -0.15) is 0 Å². The molecule has 0 aliphatic carbocycles. The average Bonchev–Trinajstić information content (AvgIpc) is 2.73. The van der Waals surface area contributed by atoms with Crippen molar-refractivity contribution in [3.05, 3.63) is 0 Å². The number of aliphatic hydroxyl groups is 1. The molecule has 0 bridgehead atoms. The minimum absolute atomic E-state index is 0.0389. The van der Waals surface area contributed by atoms with E-state index in [0.29, 0.717) is 13.0 Å². The maximum atomic E-state index is 12.3. The number of unbranched alkanes of at least 4 members (excludes halogenated alkanes) is 10. The fraction of sp³-hybridized carbons (Fsp3) is 0.962. The molecule has 0 amide bonds. The Labute approximate surface area is 188 Å². The van der Waals surface area contributed by atoms with E-state index in [2.05, 4.69) is 25.7 Å². The van der Waals surface area contributed by atoms with Crippen molar-refractivity contribution in [1.82, 2.24) is 4.90 Å². The zero-order valence-electron chi connectivity index (χ0n) is 20.6. The summed E-state index contributed by atoms with van der Waals surface area (Å²) in [6.07, 6.45) is 19.9. The van der Waals surface area contributed by atoms with Crippen LogP contribution >= 0.6 is 0 Å². The highest BCUT2D eigenvalue weighted by atomic mass is 16.5. The van der Waals surface area contributed by atoms with Crippen LogP contribution < -0.4 is 0 Å². The van der Waals surface area contributed by atoms with Crippen LogP contribution in [0.2, 0.25) is 0 Å². The van der Waals surface area contributed by atoms with Gasteiger partial charge in [0.15, 0.2) is 0 Å². The number of hydrogen-bond donors (Lipinski definition) is 1. The molecule has 4 heteroatoms. The van der Waals surface area contributed by atoms with Gasteiger partial charge in [-0.3, -0.25) is 4.79 Å². The topological polar surface area (TPSA) is 49.8 Å². The van der Waals surface area contributed by atoms with E-state index in [9.17, 15) is 9.90 Å². The molecule has 0 aliphatic rings. The summed E-state index contributed by atoms with van der Waals surface area (Å²) in [5.41, 5.74) is 0. The third-order valence-electron chi connectivity index (χ3n) is 5.89. The van der Waals surface area contributed by atoms with Gasteiger partial charge in [0.25, 0.3) is 0 Å². The summed E-state index contributed by atoms with van der Waals surface area (Å²) in [6, 6.07) is 0. The average molecular weight is 428 g/mol. The summed E-state index contributed by atoms with van der Waals surface area (Å²) in [7, 11) is 0. The summed E-state index contributed by atoms with van der Waals surface area (Å²) in [5.74, 6) is -0.0389. The van der Waals surface area contributed by atoms with E-state index < -0.39 is 0 Å². The number of esters is 1. The van der Waals surface area contributed by atoms with E-state index in [-0.39, 0.29) is 18.7 Å². The van der Waals surface area contributed by atoms with Crippen molar-refractivity contribution in [2.45, 2.75) is 136 Å². The van der Waals surface area contributed by atoms with Gasteiger partial charge in [0.05, 0.1) is 6.61 Å². The zero-order valence-corrected chi connectivity index (χ0v) is 20.6. The monoisotopic (exact) mass is 427 g/mol. The molecule has 30 heavy (non-hydrogen) atoms. The fourth-order valence-corrected chi connectivity index (χ4v) is 4.02. The predicted octanol–water partition coefficient (Wildman–Crippen LogP) is 6.88. The van der Waals surface area contributed by atoms with Crippen LogP contribution in [-0.4, -0.2) is 48.3 Å². The van der Waals surface area contributed by atoms with Crippen LogP contribution in [0.1, 0.15) is 130 Å². The third kappa shape index (κ3) is 19.4. The lowest BCUT2D eigenvalue weighted by atomic mass is 10.0. The molecule has 0 aromatic carbocycles. The third-order valence-corrected chi connectivity index (χ3v) is 5.89. The predicted molar refractivity (Wildman–Crippen MR) is 129 cm³/mol. The van der Waals surface area contributed by atoms with Gasteiger partial charge in [0, 0.05) is 13.0 Å². The number of aliphatic hydroxyl groups excluding tert-OH is 1. The lowest BCUT2D eigenvalue weighted by Gasteiger charge is -2.21. The molecule has 0 fully saturated rings. The minimum atomic E-state index is -0.0389. The number of nitrogens with zero attached hydrogens (tertiary/aromatic N) is 1. The SMILES string of the molecule is CCCCCCCCC(CCC)OC(=O)CCCN(CCO)CCCCCCCC. The second kappa shape index (κ2) is 23.1. The molecule has 0 radical (unpaired) electrons. The molecule has 0 aromatic rings. The molecule has 0 aromatic heterocycles.